The van der Waals surface area contributed by atoms with Crippen LogP contribution >= 0.6 is 11.3 Å². The highest BCUT2D eigenvalue weighted by Crippen LogP contribution is 2.27. The zero-order valence-electron chi connectivity index (χ0n) is 15.0. The maximum atomic E-state index is 12.5. The number of hydrogen-bond acceptors (Lipinski definition) is 5. The van der Waals surface area contributed by atoms with Gasteiger partial charge in [0.25, 0.3) is 0 Å². The fourth-order valence-electron chi connectivity index (χ4n) is 2.54. The molecule has 0 fully saturated rings. The first-order chi connectivity index (χ1) is 12.4. The molecular weight excluding hydrogens is 366 g/mol. The van der Waals surface area contributed by atoms with Gasteiger partial charge in [-0.2, -0.15) is 0 Å². The molecule has 1 aromatic carbocycles. The van der Waals surface area contributed by atoms with Gasteiger partial charge in [0.15, 0.2) is 0 Å². The molecule has 2 aromatic heterocycles. The molecule has 3 rings (SSSR count). The molecule has 26 heavy (non-hydrogen) atoms. The van der Waals surface area contributed by atoms with Crippen molar-refractivity contribution in [1.29, 1.82) is 0 Å². The molecule has 0 spiro atoms. The van der Waals surface area contributed by atoms with E-state index in [-0.39, 0.29) is 0 Å². The Bertz CT molecular complexity index is 1010. The Hall–Kier alpha value is -2.09. The molecule has 7 heteroatoms. The summed E-state index contributed by atoms with van der Waals surface area (Å²) in [5.41, 5.74) is 3.95. The molecule has 0 amide bonds. The van der Waals surface area contributed by atoms with Gasteiger partial charge in [0.1, 0.15) is 5.01 Å². The minimum atomic E-state index is -3.50. The summed E-state index contributed by atoms with van der Waals surface area (Å²) in [6.07, 6.45) is 4.12. The first-order valence-electron chi connectivity index (χ1n) is 8.30. The molecule has 0 atom stereocenters. The highest BCUT2D eigenvalue weighted by atomic mass is 32.2. The smallest absolute Gasteiger partial charge is 0.240 e. The predicted octanol–water partition coefficient (Wildman–Crippen LogP) is 3.65. The van der Waals surface area contributed by atoms with Crippen LogP contribution in [0.25, 0.3) is 10.6 Å². The topological polar surface area (TPSA) is 72.0 Å². The summed E-state index contributed by atoms with van der Waals surface area (Å²) < 4.78 is 27.6. The maximum absolute atomic E-state index is 12.5. The van der Waals surface area contributed by atoms with Crippen molar-refractivity contribution in [1.82, 2.24) is 14.7 Å². The van der Waals surface area contributed by atoms with Gasteiger partial charge in [-0.1, -0.05) is 6.07 Å². The van der Waals surface area contributed by atoms with Crippen LogP contribution in [-0.4, -0.2) is 24.9 Å². The summed E-state index contributed by atoms with van der Waals surface area (Å²) >= 11 is 1.58. The zero-order chi connectivity index (χ0) is 18.7. The van der Waals surface area contributed by atoms with Gasteiger partial charge in [0.05, 0.1) is 10.6 Å². The summed E-state index contributed by atoms with van der Waals surface area (Å²) in [5, 5.41) is 0.905. The van der Waals surface area contributed by atoms with E-state index in [1.165, 1.54) is 0 Å². The summed E-state index contributed by atoms with van der Waals surface area (Å²) in [4.78, 5) is 10.1. The zero-order valence-corrected chi connectivity index (χ0v) is 16.6. The highest BCUT2D eigenvalue weighted by molar-refractivity contribution is 7.89. The molecule has 2 heterocycles. The van der Waals surface area contributed by atoms with Crippen LogP contribution in [0.5, 0.6) is 0 Å². The second-order valence-electron chi connectivity index (χ2n) is 6.16. The molecule has 0 unspecified atom stereocenters. The van der Waals surface area contributed by atoms with Crippen molar-refractivity contribution in [2.24, 2.45) is 0 Å². The number of hydrogen-bond donors (Lipinski definition) is 1. The number of thiazole rings is 1. The minimum absolute atomic E-state index is 0.303. The maximum Gasteiger partial charge on any atom is 0.240 e. The molecule has 0 bridgehead atoms. The Morgan fingerprint density at radius 2 is 1.92 bits per heavy atom. The average molecular weight is 388 g/mol. The van der Waals surface area contributed by atoms with Crippen molar-refractivity contribution < 1.29 is 8.42 Å². The largest absolute Gasteiger partial charge is 0.264 e. The lowest BCUT2D eigenvalue weighted by atomic mass is 10.1. The summed E-state index contributed by atoms with van der Waals surface area (Å²) in [7, 11) is -3.50. The lowest BCUT2D eigenvalue weighted by Gasteiger charge is -2.08. The molecule has 0 radical (unpaired) electrons. The van der Waals surface area contributed by atoms with Crippen LogP contribution in [-0.2, 0) is 16.4 Å². The summed E-state index contributed by atoms with van der Waals surface area (Å²) in [5.74, 6) is 0. The number of benzene rings is 1. The second kappa shape index (κ2) is 7.65. The van der Waals surface area contributed by atoms with Gasteiger partial charge < -0.3 is 0 Å². The third kappa shape index (κ3) is 4.17. The van der Waals surface area contributed by atoms with Crippen LogP contribution in [0.4, 0.5) is 0 Å². The molecule has 0 aliphatic heterocycles. The van der Waals surface area contributed by atoms with Gasteiger partial charge in [-0.3, -0.25) is 4.98 Å². The van der Waals surface area contributed by atoms with Crippen molar-refractivity contribution in [3.05, 3.63) is 64.4 Å². The number of aromatic nitrogens is 2. The number of rotatable bonds is 6. The molecule has 3 aromatic rings. The number of nitrogens with zero attached hydrogens (tertiary/aromatic N) is 2. The van der Waals surface area contributed by atoms with Crippen molar-refractivity contribution >= 4 is 21.4 Å². The van der Waals surface area contributed by atoms with E-state index in [1.807, 2.05) is 39.0 Å². The lowest BCUT2D eigenvalue weighted by molar-refractivity contribution is 0.581. The first-order valence-corrected chi connectivity index (χ1v) is 10.6. The van der Waals surface area contributed by atoms with E-state index in [9.17, 15) is 8.42 Å². The Morgan fingerprint density at radius 1 is 1.12 bits per heavy atom. The van der Waals surface area contributed by atoms with Crippen LogP contribution in [0.1, 0.15) is 21.7 Å². The van der Waals surface area contributed by atoms with Crippen LogP contribution in [0, 0.1) is 20.8 Å². The molecular formula is C19H21N3O2S2. The van der Waals surface area contributed by atoms with Crippen molar-refractivity contribution in [3.8, 4) is 10.6 Å². The Kier molecular flexibility index (Phi) is 5.50. The molecule has 0 saturated heterocycles. The quantitative estimate of drug-likeness (QED) is 0.701. The number of sulfonamides is 1. The van der Waals surface area contributed by atoms with E-state index in [2.05, 4.69) is 14.7 Å². The fourth-order valence-corrected chi connectivity index (χ4v) is 4.70. The van der Waals surface area contributed by atoms with Crippen LogP contribution in [0.2, 0.25) is 0 Å². The average Bonchev–Trinajstić information content (AvgIpc) is 2.99. The third-order valence-corrected chi connectivity index (χ3v) is 6.96. The Labute approximate surface area is 158 Å². The van der Waals surface area contributed by atoms with Gasteiger partial charge in [-0.15, -0.1) is 11.3 Å². The van der Waals surface area contributed by atoms with E-state index in [0.29, 0.717) is 17.9 Å². The number of pyridine rings is 1. The standard InChI is InChI=1S/C19H21N3O2S2/c1-13-6-7-17(11-14(13)2)26(23,24)21-10-8-18-15(3)22-19(25-18)16-5-4-9-20-12-16/h4-7,9,11-12,21H,8,10H2,1-3H3. The predicted molar refractivity (Wildman–Crippen MR) is 105 cm³/mol. The Morgan fingerprint density at radius 3 is 2.62 bits per heavy atom. The first kappa shape index (κ1) is 18.7. The van der Waals surface area contributed by atoms with Crippen LogP contribution in [0.15, 0.2) is 47.6 Å². The number of nitrogens with one attached hydrogen (secondary N) is 1. The van der Waals surface area contributed by atoms with E-state index in [1.54, 1.807) is 35.9 Å². The minimum Gasteiger partial charge on any atom is -0.264 e. The van der Waals surface area contributed by atoms with E-state index >= 15 is 0 Å². The monoisotopic (exact) mass is 387 g/mol. The van der Waals surface area contributed by atoms with Crippen molar-refractivity contribution in [3.63, 3.8) is 0 Å². The van der Waals surface area contributed by atoms with Gasteiger partial charge >= 0.3 is 0 Å². The van der Waals surface area contributed by atoms with Crippen LogP contribution < -0.4 is 4.72 Å². The summed E-state index contributed by atoms with van der Waals surface area (Å²) in [6.45, 7) is 6.16. The van der Waals surface area contributed by atoms with Crippen molar-refractivity contribution in [2.45, 2.75) is 32.1 Å². The van der Waals surface area contributed by atoms with E-state index in [4.69, 9.17) is 0 Å². The van der Waals surface area contributed by atoms with Gasteiger partial charge in [-0.25, -0.2) is 18.1 Å². The molecule has 0 aliphatic rings. The molecule has 136 valence electrons. The highest BCUT2D eigenvalue weighted by Gasteiger charge is 2.15. The van der Waals surface area contributed by atoms with E-state index in [0.717, 1.165) is 32.3 Å². The van der Waals surface area contributed by atoms with Gasteiger partial charge in [-0.05, 0) is 62.6 Å². The normalized spacial score (nSPS) is 11.7. The van der Waals surface area contributed by atoms with Crippen LogP contribution in [0.3, 0.4) is 0 Å². The number of aryl methyl sites for hydroxylation is 3. The molecule has 5 nitrogen and oxygen atoms in total. The van der Waals surface area contributed by atoms with Gasteiger partial charge in [0.2, 0.25) is 10.0 Å². The van der Waals surface area contributed by atoms with Crippen molar-refractivity contribution in [2.75, 3.05) is 6.54 Å². The molecule has 0 aliphatic carbocycles. The SMILES string of the molecule is Cc1ccc(S(=O)(=O)NCCc2sc(-c3cccnc3)nc2C)cc1C. The lowest BCUT2D eigenvalue weighted by Crippen LogP contribution is -2.26. The fraction of sp³-hybridized carbons (Fsp3) is 0.263. The van der Waals surface area contributed by atoms with Gasteiger partial charge in [0, 0.05) is 29.4 Å². The second-order valence-corrected chi connectivity index (χ2v) is 9.01. The summed E-state index contributed by atoms with van der Waals surface area (Å²) in [6, 6.07) is 9.03. The third-order valence-electron chi connectivity index (χ3n) is 4.23. The Balaban J connectivity index is 1.68. The van der Waals surface area contributed by atoms with E-state index < -0.39 is 10.0 Å². The molecule has 1 N–H and O–H groups in total. The molecule has 0 saturated carbocycles.